The third kappa shape index (κ3) is 3.78. The number of sulfonamides is 1. The summed E-state index contributed by atoms with van der Waals surface area (Å²) in [7, 11) is -2.46. The van der Waals surface area contributed by atoms with Gasteiger partial charge in [-0.05, 0) is 49.1 Å². The number of carbonyl (C=O) groups excluding carboxylic acids is 1. The van der Waals surface area contributed by atoms with Gasteiger partial charge in [0.1, 0.15) is 10.6 Å². The first-order chi connectivity index (χ1) is 12.9. The van der Waals surface area contributed by atoms with Crippen LogP contribution in [-0.4, -0.2) is 28.0 Å². The number of carbonyl (C=O) groups is 1. The fraction of sp³-hybridized carbons (Fsp3) is 0.350. The highest BCUT2D eigenvalue weighted by Gasteiger charge is 2.26. The Labute approximate surface area is 160 Å². The van der Waals surface area contributed by atoms with E-state index in [4.69, 9.17) is 4.74 Å². The summed E-state index contributed by atoms with van der Waals surface area (Å²) in [5, 5.41) is 0. The maximum atomic E-state index is 13.2. The van der Waals surface area contributed by atoms with Gasteiger partial charge in [-0.15, -0.1) is 0 Å². The molecule has 3 rings (SSSR count). The first kappa shape index (κ1) is 19.2. The summed E-state index contributed by atoms with van der Waals surface area (Å²) in [6.45, 7) is 4.44. The number of methoxy groups -OCH3 is 1. The third-order valence-corrected chi connectivity index (χ3v) is 6.17. The molecule has 6 nitrogen and oxygen atoms in total. The summed E-state index contributed by atoms with van der Waals surface area (Å²) in [6.07, 6.45) is 1.96. The Hall–Kier alpha value is -2.54. The summed E-state index contributed by atoms with van der Waals surface area (Å²) in [4.78, 5) is 13.7. The molecular formula is C20H24N2O4S. The predicted molar refractivity (Wildman–Crippen MR) is 106 cm³/mol. The average molecular weight is 388 g/mol. The van der Waals surface area contributed by atoms with E-state index in [1.54, 1.807) is 17.0 Å². The Balaban J connectivity index is 2.04. The molecule has 0 aliphatic carbocycles. The van der Waals surface area contributed by atoms with Gasteiger partial charge in [-0.1, -0.05) is 25.1 Å². The van der Waals surface area contributed by atoms with Crippen molar-refractivity contribution in [2.75, 3.05) is 23.3 Å². The average Bonchev–Trinajstić information content (AvgIpc) is 3.08. The number of para-hydroxylation sites is 1. The summed E-state index contributed by atoms with van der Waals surface area (Å²) in [6, 6.07) is 10.5. The number of anilines is 2. The largest absolute Gasteiger partial charge is 0.495 e. The number of benzene rings is 2. The number of hydrogen-bond donors (Lipinski definition) is 1. The molecule has 1 aliphatic heterocycles. The molecular weight excluding hydrogens is 364 g/mol. The Morgan fingerprint density at radius 2 is 2.00 bits per heavy atom. The Morgan fingerprint density at radius 1 is 1.22 bits per heavy atom. The lowest BCUT2D eigenvalue weighted by Gasteiger charge is -2.20. The van der Waals surface area contributed by atoms with Crippen LogP contribution in [0.2, 0.25) is 0 Å². The number of nitrogens with one attached hydrogen (secondary N) is 1. The highest BCUT2D eigenvalue weighted by Crippen LogP contribution is 2.33. The van der Waals surface area contributed by atoms with Crippen LogP contribution in [-0.2, 0) is 21.2 Å². The number of hydrogen-bond acceptors (Lipinski definition) is 4. The van der Waals surface area contributed by atoms with Crippen LogP contribution in [0.25, 0.3) is 0 Å². The van der Waals surface area contributed by atoms with Crippen molar-refractivity contribution < 1.29 is 17.9 Å². The molecule has 7 heteroatoms. The summed E-state index contributed by atoms with van der Waals surface area (Å²) < 4.78 is 34.3. The van der Waals surface area contributed by atoms with Gasteiger partial charge < -0.3 is 9.64 Å². The lowest BCUT2D eigenvalue weighted by molar-refractivity contribution is -0.117. The molecule has 2 aromatic rings. The molecule has 0 bridgehead atoms. The van der Waals surface area contributed by atoms with E-state index >= 15 is 0 Å². The topological polar surface area (TPSA) is 75.7 Å². The van der Waals surface area contributed by atoms with Gasteiger partial charge in [0, 0.05) is 18.7 Å². The molecule has 0 unspecified atom stereocenters. The van der Waals surface area contributed by atoms with Crippen molar-refractivity contribution in [3.05, 3.63) is 47.5 Å². The second-order valence-corrected chi connectivity index (χ2v) is 8.20. The van der Waals surface area contributed by atoms with Crippen molar-refractivity contribution in [1.29, 1.82) is 0 Å². The molecule has 1 fully saturated rings. The Kier molecular flexibility index (Phi) is 5.41. The van der Waals surface area contributed by atoms with Crippen LogP contribution in [0.15, 0.2) is 41.3 Å². The predicted octanol–water partition coefficient (Wildman–Crippen LogP) is 3.49. The normalized spacial score (nSPS) is 14.5. The quantitative estimate of drug-likeness (QED) is 0.822. The van der Waals surface area contributed by atoms with Crippen molar-refractivity contribution in [3.8, 4) is 5.75 Å². The zero-order valence-corrected chi connectivity index (χ0v) is 16.6. The minimum Gasteiger partial charge on any atom is -0.495 e. The number of ether oxygens (including phenoxy) is 1. The molecule has 0 atom stereocenters. The van der Waals surface area contributed by atoms with E-state index in [9.17, 15) is 13.2 Å². The molecule has 1 heterocycles. The molecule has 144 valence electrons. The zero-order valence-electron chi connectivity index (χ0n) is 15.8. The second-order valence-electron chi connectivity index (χ2n) is 6.55. The zero-order chi connectivity index (χ0) is 19.6. The molecule has 0 saturated carbocycles. The number of nitrogens with zero attached hydrogens (tertiary/aromatic N) is 1. The summed E-state index contributed by atoms with van der Waals surface area (Å²) >= 11 is 0. The van der Waals surface area contributed by atoms with Crippen LogP contribution in [0.3, 0.4) is 0 Å². The van der Waals surface area contributed by atoms with Crippen LogP contribution < -0.4 is 14.4 Å². The van der Waals surface area contributed by atoms with Gasteiger partial charge in [-0.3, -0.25) is 9.52 Å². The fourth-order valence-corrected chi connectivity index (χ4v) is 4.69. The molecule has 0 aromatic heterocycles. The molecule has 2 aromatic carbocycles. The summed E-state index contributed by atoms with van der Waals surface area (Å²) in [5.74, 6) is 0.244. The van der Waals surface area contributed by atoms with Crippen molar-refractivity contribution in [1.82, 2.24) is 0 Å². The maximum Gasteiger partial charge on any atom is 0.265 e. The maximum absolute atomic E-state index is 13.2. The van der Waals surface area contributed by atoms with Crippen LogP contribution in [0.4, 0.5) is 11.4 Å². The number of aryl methyl sites for hydroxylation is 2. The molecule has 1 saturated heterocycles. The van der Waals surface area contributed by atoms with Gasteiger partial charge in [0.25, 0.3) is 10.0 Å². The smallest absolute Gasteiger partial charge is 0.265 e. The van der Waals surface area contributed by atoms with Gasteiger partial charge in [0.05, 0.1) is 12.8 Å². The lowest BCUT2D eigenvalue weighted by atomic mass is 10.1. The van der Waals surface area contributed by atoms with Crippen molar-refractivity contribution in [2.24, 2.45) is 0 Å². The summed E-state index contributed by atoms with van der Waals surface area (Å²) in [5.41, 5.74) is 2.93. The highest BCUT2D eigenvalue weighted by atomic mass is 32.2. The van der Waals surface area contributed by atoms with Crippen LogP contribution in [0.5, 0.6) is 5.75 Å². The standard InChI is InChI=1S/C20H24N2O4S/c1-4-15-8-5-7-14(2)20(15)21-27(24,25)18-13-16(10-11-17(18)26-3)22-12-6-9-19(22)23/h5,7-8,10-11,13,21H,4,6,9,12H2,1-3H3. The highest BCUT2D eigenvalue weighted by molar-refractivity contribution is 7.92. The van der Waals surface area contributed by atoms with E-state index in [1.807, 2.05) is 32.0 Å². The molecule has 1 amide bonds. The van der Waals surface area contributed by atoms with E-state index in [0.717, 1.165) is 17.5 Å². The fourth-order valence-electron chi connectivity index (χ4n) is 3.32. The molecule has 1 N–H and O–H groups in total. The minimum atomic E-state index is -3.89. The first-order valence-electron chi connectivity index (χ1n) is 8.97. The van der Waals surface area contributed by atoms with Crippen LogP contribution in [0, 0.1) is 6.92 Å². The van der Waals surface area contributed by atoms with E-state index in [-0.39, 0.29) is 16.6 Å². The van der Waals surface area contributed by atoms with Gasteiger partial charge >= 0.3 is 0 Å². The Morgan fingerprint density at radius 3 is 2.63 bits per heavy atom. The van der Waals surface area contributed by atoms with Crippen molar-refractivity contribution >= 4 is 27.3 Å². The van der Waals surface area contributed by atoms with Gasteiger partial charge in [-0.2, -0.15) is 0 Å². The molecule has 1 aliphatic rings. The molecule has 27 heavy (non-hydrogen) atoms. The van der Waals surface area contributed by atoms with Gasteiger partial charge in [-0.25, -0.2) is 8.42 Å². The second kappa shape index (κ2) is 7.60. The third-order valence-electron chi connectivity index (χ3n) is 4.80. The first-order valence-corrected chi connectivity index (χ1v) is 10.5. The lowest BCUT2D eigenvalue weighted by Crippen LogP contribution is -2.24. The molecule has 0 spiro atoms. The number of amides is 1. The SMILES string of the molecule is CCc1cccc(C)c1NS(=O)(=O)c1cc(N2CCCC2=O)ccc1OC. The van der Waals surface area contributed by atoms with Crippen molar-refractivity contribution in [3.63, 3.8) is 0 Å². The Bertz CT molecular complexity index is 970. The van der Waals surface area contributed by atoms with Gasteiger partial charge in [0.15, 0.2) is 0 Å². The van der Waals surface area contributed by atoms with Crippen molar-refractivity contribution in [2.45, 2.75) is 38.0 Å². The number of rotatable bonds is 6. The van der Waals surface area contributed by atoms with E-state index in [1.165, 1.54) is 13.2 Å². The molecule has 0 radical (unpaired) electrons. The van der Waals surface area contributed by atoms with E-state index in [0.29, 0.717) is 30.8 Å². The van der Waals surface area contributed by atoms with E-state index < -0.39 is 10.0 Å². The van der Waals surface area contributed by atoms with Gasteiger partial charge in [0.2, 0.25) is 5.91 Å². The minimum absolute atomic E-state index is 0.00338. The van der Waals surface area contributed by atoms with Crippen LogP contribution in [0.1, 0.15) is 30.9 Å². The monoisotopic (exact) mass is 388 g/mol. The van der Waals surface area contributed by atoms with Crippen LogP contribution >= 0.6 is 0 Å². The van der Waals surface area contributed by atoms with E-state index in [2.05, 4.69) is 4.72 Å².